The summed E-state index contributed by atoms with van der Waals surface area (Å²) in [6.07, 6.45) is 0.684. The summed E-state index contributed by atoms with van der Waals surface area (Å²) in [5.74, 6) is -2.04. The zero-order valence-electron chi connectivity index (χ0n) is 8.66. The van der Waals surface area contributed by atoms with Gasteiger partial charge in [-0.3, -0.25) is 14.4 Å². The smallest absolute Gasteiger partial charge is 0.319 e. The lowest BCUT2D eigenvalue weighted by atomic mass is 10.1. The predicted molar refractivity (Wildman–Crippen MR) is 51.0 cm³/mol. The van der Waals surface area contributed by atoms with Gasteiger partial charge in [0.15, 0.2) is 0 Å². The Hall–Kier alpha value is -1.59. The molecular weight excluding hydrogens is 200 g/mol. The van der Waals surface area contributed by atoms with Crippen molar-refractivity contribution in [1.29, 1.82) is 0 Å². The summed E-state index contributed by atoms with van der Waals surface area (Å²) in [5, 5.41) is 13.6. The van der Waals surface area contributed by atoms with Crippen molar-refractivity contribution in [2.45, 2.75) is 25.8 Å². The van der Waals surface area contributed by atoms with E-state index >= 15 is 0 Å². The lowest BCUT2D eigenvalue weighted by molar-refractivity contribution is -0.149. The normalized spacial score (nSPS) is 18.8. The Morgan fingerprint density at radius 3 is 2.20 bits per heavy atom. The highest BCUT2D eigenvalue weighted by Gasteiger charge is 2.57. The minimum absolute atomic E-state index is 0.342. The van der Waals surface area contributed by atoms with E-state index < -0.39 is 23.3 Å². The Morgan fingerprint density at radius 1 is 1.33 bits per heavy atom. The maximum atomic E-state index is 11.5. The van der Waals surface area contributed by atoms with Gasteiger partial charge in [0, 0.05) is 7.05 Å². The maximum Gasteiger partial charge on any atom is 0.319 e. The van der Waals surface area contributed by atoms with Gasteiger partial charge in [0.2, 0.25) is 11.8 Å². The van der Waals surface area contributed by atoms with E-state index in [9.17, 15) is 14.4 Å². The predicted octanol–water partition coefficient (Wildman–Crippen LogP) is -0.898. The standard InChI is InChI=1S/C9H14N2O4/c1-5(6(12)10-2)11-7(13)9(3-4-9)8(14)15/h5H,3-4H2,1-2H3,(H,10,12)(H,11,13)(H,14,15). The molecule has 1 aliphatic carbocycles. The molecule has 0 radical (unpaired) electrons. The number of carboxylic acid groups (broad SMARTS) is 1. The Balaban J connectivity index is 2.57. The van der Waals surface area contributed by atoms with E-state index in [1.165, 1.54) is 14.0 Å². The second kappa shape index (κ2) is 3.88. The highest BCUT2D eigenvalue weighted by Crippen LogP contribution is 2.46. The molecule has 0 saturated heterocycles. The van der Waals surface area contributed by atoms with E-state index in [1.54, 1.807) is 0 Å². The second-order valence-corrected chi connectivity index (χ2v) is 3.70. The quantitative estimate of drug-likeness (QED) is 0.528. The molecule has 2 amide bonds. The van der Waals surface area contributed by atoms with E-state index in [1.807, 2.05) is 0 Å². The lowest BCUT2D eigenvalue weighted by Gasteiger charge is -2.15. The van der Waals surface area contributed by atoms with E-state index in [0.29, 0.717) is 12.8 Å². The number of aliphatic carboxylic acids is 1. The third-order valence-corrected chi connectivity index (χ3v) is 2.58. The summed E-state index contributed by atoms with van der Waals surface area (Å²) in [4.78, 5) is 33.4. The first-order valence-electron chi connectivity index (χ1n) is 4.70. The molecular formula is C9H14N2O4. The molecule has 6 heteroatoms. The van der Waals surface area contributed by atoms with Crippen molar-refractivity contribution in [3.05, 3.63) is 0 Å². The van der Waals surface area contributed by atoms with Crippen LogP contribution in [-0.4, -0.2) is 36.0 Å². The van der Waals surface area contributed by atoms with Crippen LogP contribution >= 0.6 is 0 Å². The van der Waals surface area contributed by atoms with Gasteiger partial charge in [0.05, 0.1) is 0 Å². The van der Waals surface area contributed by atoms with Crippen LogP contribution in [0.1, 0.15) is 19.8 Å². The fourth-order valence-corrected chi connectivity index (χ4v) is 1.28. The van der Waals surface area contributed by atoms with Gasteiger partial charge in [-0.1, -0.05) is 0 Å². The molecule has 1 unspecified atom stereocenters. The van der Waals surface area contributed by atoms with Crippen LogP contribution in [0.2, 0.25) is 0 Å². The van der Waals surface area contributed by atoms with E-state index in [4.69, 9.17) is 5.11 Å². The third kappa shape index (κ3) is 2.08. The third-order valence-electron chi connectivity index (χ3n) is 2.58. The summed E-state index contributed by atoms with van der Waals surface area (Å²) < 4.78 is 0. The van der Waals surface area contributed by atoms with Gasteiger partial charge in [-0.2, -0.15) is 0 Å². The second-order valence-electron chi connectivity index (χ2n) is 3.70. The molecule has 15 heavy (non-hydrogen) atoms. The molecule has 1 fully saturated rings. The van der Waals surface area contributed by atoms with Crippen LogP contribution < -0.4 is 10.6 Å². The number of likely N-dealkylation sites (N-methyl/N-ethyl adjacent to an activating group) is 1. The van der Waals surface area contributed by atoms with Crippen molar-refractivity contribution in [2.24, 2.45) is 5.41 Å². The Labute approximate surface area is 87.0 Å². The molecule has 84 valence electrons. The highest BCUT2D eigenvalue weighted by atomic mass is 16.4. The molecule has 1 rings (SSSR count). The zero-order chi connectivity index (χ0) is 11.6. The summed E-state index contributed by atoms with van der Waals surface area (Å²) in [7, 11) is 1.45. The molecule has 0 bridgehead atoms. The number of carbonyl (C=O) groups is 3. The van der Waals surface area contributed by atoms with Crippen LogP contribution in [0, 0.1) is 5.41 Å². The topological polar surface area (TPSA) is 95.5 Å². The first-order chi connectivity index (χ1) is 6.94. The summed E-state index contributed by atoms with van der Waals surface area (Å²) in [6.45, 7) is 1.51. The number of hydrogen-bond acceptors (Lipinski definition) is 3. The fraction of sp³-hybridized carbons (Fsp3) is 0.667. The van der Waals surface area contributed by atoms with Gasteiger partial charge < -0.3 is 15.7 Å². The lowest BCUT2D eigenvalue weighted by Crippen LogP contribution is -2.48. The average molecular weight is 214 g/mol. The molecule has 0 aliphatic heterocycles. The minimum atomic E-state index is -1.29. The van der Waals surface area contributed by atoms with Crippen LogP contribution in [0.15, 0.2) is 0 Å². The Kier molecular flexibility index (Phi) is 2.97. The van der Waals surface area contributed by atoms with Crippen LogP contribution in [0.25, 0.3) is 0 Å². The first kappa shape index (κ1) is 11.5. The van der Waals surface area contributed by atoms with E-state index in [0.717, 1.165) is 0 Å². The van der Waals surface area contributed by atoms with E-state index in [2.05, 4.69) is 10.6 Å². The van der Waals surface area contributed by atoms with Crippen molar-refractivity contribution < 1.29 is 19.5 Å². The zero-order valence-corrected chi connectivity index (χ0v) is 8.66. The van der Waals surface area contributed by atoms with Crippen LogP contribution in [-0.2, 0) is 14.4 Å². The number of hydrogen-bond donors (Lipinski definition) is 3. The van der Waals surface area contributed by atoms with Gasteiger partial charge in [0.25, 0.3) is 0 Å². The molecule has 1 saturated carbocycles. The molecule has 3 N–H and O–H groups in total. The first-order valence-corrected chi connectivity index (χ1v) is 4.70. The molecule has 6 nitrogen and oxygen atoms in total. The summed E-state index contributed by atoms with van der Waals surface area (Å²) >= 11 is 0. The van der Waals surface area contributed by atoms with Crippen molar-refractivity contribution >= 4 is 17.8 Å². The highest BCUT2D eigenvalue weighted by molar-refractivity contribution is 6.06. The van der Waals surface area contributed by atoms with Crippen LogP contribution in [0.3, 0.4) is 0 Å². The molecule has 0 heterocycles. The molecule has 0 aromatic carbocycles. The molecule has 1 aliphatic rings. The van der Waals surface area contributed by atoms with Gasteiger partial charge in [0.1, 0.15) is 11.5 Å². The average Bonchev–Trinajstić information content (AvgIpc) is 2.96. The molecule has 0 aromatic heterocycles. The monoisotopic (exact) mass is 214 g/mol. The Bertz CT molecular complexity index is 309. The van der Waals surface area contributed by atoms with Gasteiger partial charge >= 0.3 is 5.97 Å². The molecule has 0 aromatic rings. The van der Waals surface area contributed by atoms with Gasteiger partial charge in [-0.15, -0.1) is 0 Å². The minimum Gasteiger partial charge on any atom is -0.480 e. The summed E-state index contributed by atoms with van der Waals surface area (Å²) in [5.41, 5.74) is -1.29. The SMILES string of the molecule is CNC(=O)C(C)NC(=O)C1(C(=O)O)CC1. The van der Waals surface area contributed by atoms with E-state index in [-0.39, 0.29) is 5.91 Å². The number of amides is 2. The van der Waals surface area contributed by atoms with Crippen molar-refractivity contribution in [1.82, 2.24) is 10.6 Å². The number of carboxylic acids is 1. The number of carbonyl (C=O) groups excluding carboxylic acids is 2. The van der Waals surface area contributed by atoms with Crippen molar-refractivity contribution in [3.8, 4) is 0 Å². The molecule has 1 atom stereocenters. The van der Waals surface area contributed by atoms with Crippen molar-refractivity contribution in [2.75, 3.05) is 7.05 Å². The van der Waals surface area contributed by atoms with Gasteiger partial charge in [-0.05, 0) is 19.8 Å². The van der Waals surface area contributed by atoms with Gasteiger partial charge in [-0.25, -0.2) is 0 Å². The van der Waals surface area contributed by atoms with Crippen molar-refractivity contribution in [3.63, 3.8) is 0 Å². The Morgan fingerprint density at radius 2 is 1.87 bits per heavy atom. The summed E-state index contributed by atoms with van der Waals surface area (Å²) in [6, 6.07) is -0.709. The maximum absolute atomic E-state index is 11.5. The number of nitrogens with one attached hydrogen (secondary N) is 2. The van der Waals surface area contributed by atoms with Crippen LogP contribution in [0.5, 0.6) is 0 Å². The fourth-order valence-electron chi connectivity index (χ4n) is 1.28. The van der Waals surface area contributed by atoms with Crippen LogP contribution in [0.4, 0.5) is 0 Å². The molecule has 0 spiro atoms. The largest absolute Gasteiger partial charge is 0.480 e. The number of rotatable bonds is 4.